The van der Waals surface area contributed by atoms with E-state index in [1.807, 2.05) is 0 Å². The minimum absolute atomic E-state index is 0.0284. The zero-order valence-electron chi connectivity index (χ0n) is 12.2. The van der Waals surface area contributed by atoms with Crippen LogP contribution in [0.2, 0.25) is 0 Å². The van der Waals surface area contributed by atoms with Crippen molar-refractivity contribution in [1.29, 1.82) is 0 Å². The lowest BCUT2D eigenvalue weighted by molar-refractivity contribution is 0.0388. The van der Waals surface area contributed by atoms with Gasteiger partial charge < -0.3 is 14.2 Å². The molecule has 0 aromatic carbocycles. The first-order valence-electron chi connectivity index (χ1n) is 6.49. The Kier molecular flexibility index (Phi) is 8.23. The molecule has 10 heteroatoms. The van der Waals surface area contributed by atoms with Crippen molar-refractivity contribution in [3.05, 3.63) is 28.8 Å². The normalized spacial score (nSPS) is 11.0. The van der Waals surface area contributed by atoms with Crippen molar-refractivity contribution in [2.24, 2.45) is 5.11 Å². The average molecular weight is 330 g/mol. The van der Waals surface area contributed by atoms with Gasteiger partial charge in [-0.15, -0.1) is 0 Å². The van der Waals surface area contributed by atoms with E-state index in [1.54, 1.807) is 6.07 Å². The Morgan fingerprint density at radius 1 is 1.23 bits per heavy atom. The van der Waals surface area contributed by atoms with Crippen molar-refractivity contribution in [2.45, 2.75) is 5.03 Å². The van der Waals surface area contributed by atoms with Gasteiger partial charge in [0.05, 0.1) is 26.4 Å². The second kappa shape index (κ2) is 9.96. The number of pyridine rings is 1. The summed E-state index contributed by atoms with van der Waals surface area (Å²) in [4.78, 5) is 6.36. The van der Waals surface area contributed by atoms with Gasteiger partial charge in [0.15, 0.2) is 14.9 Å². The molecule has 0 fully saturated rings. The highest BCUT2D eigenvalue weighted by Crippen LogP contribution is 2.14. The standard InChI is InChI=1S/C12H18N4O5S/c1-22(17,18)12-10-11(2-3-14-12)21-9-8-20-7-6-19-5-4-15-16-13/h2-3,10H,4-9H2,1H3. The second-order valence-corrected chi connectivity index (χ2v) is 6.09. The van der Waals surface area contributed by atoms with E-state index < -0.39 is 9.84 Å². The molecule has 0 aliphatic carbocycles. The Hall–Kier alpha value is -1.87. The molecule has 22 heavy (non-hydrogen) atoms. The zero-order valence-corrected chi connectivity index (χ0v) is 13.0. The van der Waals surface area contributed by atoms with Crippen LogP contribution in [-0.2, 0) is 19.3 Å². The zero-order chi connectivity index (χ0) is 16.3. The number of aromatic nitrogens is 1. The summed E-state index contributed by atoms with van der Waals surface area (Å²) in [6.45, 7) is 2.07. The van der Waals surface area contributed by atoms with Gasteiger partial charge in [-0.25, -0.2) is 13.4 Å². The number of hydrogen-bond donors (Lipinski definition) is 0. The fourth-order valence-electron chi connectivity index (χ4n) is 1.37. The minimum atomic E-state index is -3.35. The molecule has 0 unspecified atom stereocenters. The first-order valence-corrected chi connectivity index (χ1v) is 8.38. The van der Waals surface area contributed by atoms with E-state index in [0.29, 0.717) is 38.7 Å². The molecule has 0 atom stereocenters. The van der Waals surface area contributed by atoms with E-state index >= 15 is 0 Å². The molecule has 0 bridgehead atoms. The van der Waals surface area contributed by atoms with Crippen molar-refractivity contribution >= 4 is 9.84 Å². The lowest BCUT2D eigenvalue weighted by Gasteiger charge is -2.08. The van der Waals surface area contributed by atoms with Gasteiger partial charge in [0.2, 0.25) is 0 Å². The smallest absolute Gasteiger partial charge is 0.192 e. The van der Waals surface area contributed by atoms with Crippen LogP contribution in [0.5, 0.6) is 5.75 Å². The predicted octanol–water partition coefficient (Wildman–Crippen LogP) is 1.21. The summed E-state index contributed by atoms with van der Waals surface area (Å²) in [5, 5.41) is 3.30. The van der Waals surface area contributed by atoms with Crippen molar-refractivity contribution in [2.75, 3.05) is 45.8 Å². The highest BCUT2D eigenvalue weighted by Gasteiger charge is 2.09. The SMILES string of the molecule is CS(=O)(=O)c1cc(OCCOCCOCCN=[N+]=[N-])ccn1. The van der Waals surface area contributed by atoms with Gasteiger partial charge >= 0.3 is 0 Å². The van der Waals surface area contributed by atoms with Gasteiger partial charge in [-0.2, -0.15) is 0 Å². The van der Waals surface area contributed by atoms with Crippen LogP contribution in [0.3, 0.4) is 0 Å². The summed E-state index contributed by atoms with van der Waals surface area (Å²) in [5.41, 5.74) is 8.05. The Bertz CT molecular complexity index is 601. The molecule has 0 saturated heterocycles. The van der Waals surface area contributed by atoms with E-state index in [9.17, 15) is 8.42 Å². The third kappa shape index (κ3) is 7.79. The molecule has 0 saturated carbocycles. The Morgan fingerprint density at radius 3 is 2.59 bits per heavy atom. The fourth-order valence-corrected chi connectivity index (χ4v) is 1.96. The topological polar surface area (TPSA) is 123 Å². The first kappa shape index (κ1) is 18.2. The first-order chi connectivity index (χ1) is 10.5. The molecule has 0 N–H and O–H groups in total. The van der Waals surface area contributed by atoms with E-state index in [4.69, 9.17) is 19.7 Å². The van der Waals surface area contributed by atoms with Crippen LogP contribution < -0.4 is 4.74 Å². The Labute approximate surface area is 128 Å². The summed E-state index contributed by atoms with van der Waals surface area (Å²) in [7, 11) is -3.35. The molecule has 1 rings (SSSR count). The molecule has 0 amide bonds. The Morgan fingerprint density at radius 2 is 1.91 bits per heavy atom. The van der Waals surface area contributed by atoms with E-state index in [2.05, 4.69) is 15.0 Å². The van der Waals surface area contributed by atoms with Crippen LogP contribution in [0.25, 0.3) is 10.4 Å². The summed E-state index contributed by atoms with van der Waals surface area (Å²) < 4.78 is 38.5. The monoisotopic (exact) mass is 330 g/mol. The van der Waals surface area contributed by atoms with Crippen molar-refractivity contribution < 1.29 is 22.6 Å². The number of azide groups is 1. The van der Waals surface area contributed by atoms with Gasteiger partial charge in [0.25, 0.3) is 0 Å². The maximum atomic E-state index is 11.3. The average Bonchev–Trinajstić information content (AvgIpc) is 2.49. The van der Waals surface area contributed by atoms with Gasteiger partial charge in [0.1, 0.15) is 12.4 Å². The van der Waals surface area contributed by atoms with Crippen LogP contribution in [0.1, 0.15) is 0 Å². The summed E-state index contributed by atoms with van der Waals surface area (Å²) in [6.07, 6.45) is 2.47. The summed E-state index contributed by atoms with van der Waals surface area (Å²) >= 11 is 0. The van der Waals surface area contributed by atoms with Gasteiger partial charge in [-0.1, -0.05) is 5.11 Å². The van der Waals surface area contributed by atoms with Crippen molar-refractivity contribution in [1.82, 2.24) is 4.98 Å². The van der Waals surface area contributed by atoms with Crippen LogP contribution in [0.4, 0.5) is 0 Å². The molecule has 0 aliphatic heterocycles. The van der Waals surface area contributed by atoms with Gasteiger partial charge in [0, 0.05) is 30.0 Å². The van der Waals surface area contributed by atoms with Gasteiger partial charge in [-0.3, -0.25) is 0 Å². The van der Waals surface area contributed by atoms with E-state index in [1.165, 1.54) is 12.3 Å². The summed E-state index contributed by atoms with van der Waals surface area (Å²) in [5.74, 6) is 0.421. The molecule has 1 aromatic rings. The number of nitrogens with zero attached hydrogens (tertiary/aromatic N) is 4. The number of ether oxygens (including phenoxy) is 3. The molecule has 0 radical (unpaired) electrons. The highest BCUT2D eigenvalue weighted by atomic mass is 32.2. The summed E-state index contributed by atoms with van der Waals surface area (Å²) in [6, 6.07) is 2.95. The predicted molar refractivity (Wildman–Crippen MR) is 78.5 cm³/mol. The maximum absolute atomic E-state index is 11.3. The third-order valence-corrected chi connectivity index (χ3v) is 3.34. The minimum Gasteiger partial charge on any atom is -0.491 e. The third-order valence-electron chi connectivity index (χ3n) is 2.35. The molecular weight excluding hydrogens is 312 g/mol. The second-order valence-electron chi connectivity index (χ2n) is 4.13. The lowest BCUT2D eigenvalue weighted by atomic mass is 10.4. The van der Waals surface area contributed by atoms with E-state index in [-0.39, 0.29) is 11.6 Å². The van der Waals surface area contributed by atoms with Crippen LogP contribution in [0.15, 0.2) is 28.5 Å². The Balaban J connectivity index is 2.14. The highest BCUT2D eigenvalue weighted by molar-refractivity contribution is 7.90. The van der Waals surface area contributed by atoms with Crippen molar-refractivity contribution in [3.8, 4) is 5.75 Å². The molecule has 0 aliphatic rings. The molecule has 9 nitrogen and oxygen atoms in total. The van der Waals surface area contributed by atoms with Crippen LogP contribution in [-0.4, -0.2) is 59.2 Å². The maximum Gasteiger partial charge on any atom is 0.192 e. The van der Waals surface area contributed by atoms with Crippen molar-refractivity contribution in [3.63, 3.8) is 0 Å². The fraction of sp³-hybridized carbons (Fsp3) is 0.583. The number of sulfone groups is 1. The number of rotatable bonds is 11. The van der Waals surface area contributed by atoms with Crippen LogP contribution >= 0.6 is 0 Å². The molecule has 1 aromatic heterocycles. The van der Waals surface area contributed by atoms with E-state index in [0.717, 1.165) is 6.26 Å². The lowest BCUT2D eigenvalue weighted by Crippen LogP contribution is -2.12. The van der Waals surface area contributed by atoms with Crippen LogP contribution in [0, 0.1) is 0 Å². The molecule has 1 heterocycles. The molecule has 122 valence electrons. The molecule has 0 spiro atoms. The number of hydrogen-bond acceptors (Lipinski definition) is 7. The largest absolute Gasteiger partial charge is 0.491 e. The quantitative estimate of drug-likeness (QED) is 0.260. The molecular formula is C12H18N4O5S. The van der Waals surface area contributed by atoms with Gasteiger partial charge in [-0.05, 0) is 11.6 Å².